The van der Waals surface area contributed by atoms with Crippen molar-refractivity contribution < 1.29 is 0 Å². The number of hydrogen-bond donors (Lipinski definition) is 1. The fourth-order valence-corrected chi connectivity index (χ4v) is 7.94. The number of allylic oxidation sites excluding steroid dienone is 1. The molecule has 0 aliphatic heterocycles. The lowest BCUT2D eigenvalue weighted by atomic mass is 9.81. The van der Waals surface area contributed by atoms with Gasteiger partial charge in [-0.15, -0.1) is 0 Å². The van der Waals surface area contributed by atoms with Crippen molar-refractivity contribution in [2.24, 2.45) is 0 Å². The Balaban J connectivity index is 1.21. The van der Waals surface area contributed by atoms with Gasteiger partial charge in [0.2, 0.25) is 0 Å². The Hall–Kier alpha value is -6.64. The van der Waals surface area contributed by atoms with Crippen LogP contribution in [-0.4, -0.2) is 0 Å². The van der Waals surface area contributed by atoms with Crippen molar-refractivity contribution in [1.29, 1.82) is 0 Å². The van der Waals surface area contributed by atoms with Crippen LogP contribution in [0.5, 0.6) is 0 Å². The number of nitrogen functional groups attached to an aromatic ring is 1. The number of para-hydroxylation sites is 2. The number of rotatable bonds is 7. The summed E-state index contributed by atoms with van der Waals surface area (Å²) in [5.74, 6) is 0. The van der Waals surface area contributed by atoms with E-state index in [-0.39, 0.29) is 0 Å². The predicted molar refractivity (Wildman–Crippen MR) is 223 cm³/mol. The number of nitrogens with two attached hydrogens (primary N) is 1. The first kappa shape index (κ1) is 31.3. The minimum Gasteiger partial charge on any atom is -0.397 e. The Morgan fingerprint density at radius 1 is 0.500 bits per heavy atom. The highest BCUT2D eigenvalue weighted by molar-refractivity contribution is 6.20. The Morgan fingerprint density at radius 3 is 1.88 bits per heavy atom. The van der Waals surface area contributed by atoms with Crippen LogP contribution in [0.25, 0.3) is 61.1 Å². The second-order valence-corrected chi connectivity index (χ2v) is 13.5. The van der Waals surface area contributed by atoms with E-state index < -0.39 is 0 Å². The van der Waals surface area contributed by atoms with E-state index in [2.05, 4.69) is 151 Å². The molecule has 0 radical (unpaired) electrons. The average molecular weight is 667 g/mol. The first-order valence-electron chi connectivity index (χ1n) is 18.0. The van der Waals surface area contributed by atoms with Gasteiger partial charge in [0.15, 0.2) is 0 Å². The number of hydrogen-bond acceptors (Lipinski definition) is 2. The predicted octanol–water partition coefficient (Wildman–Crippen LogP) is 13.2. The van der Waals surface area contributed by atoms with E-state index in [1.54, 1.807) is 0 Å². The maximum atomic E-state index is 6.55. The quantitative estimate of drug-likeness (QED) is 0.135. The van der Waals surface area contributed by atoms with Crippen LogP contribution in [0.15, 0.2) is 183 Å². The molecule has 0 amide bonds. The van der Waals surface area contributed by atoms with Crippen LogP contribution in [-0.2, 0) is 6.42 Å². The maximum absolute atomic E-state index is 6.55. The smallest absolute Gasteiger partial charge is 0.0691 e. The lowest BCUT2D eigenvalue weighted by Gasteiger charge is -2.28. The molecule has 1 aliphatic carbocycles. The van der Waals surface area contributed by atoms with Crippen molar-refractivity contribution in [3.05, 3.63) is 205 Å². The summed E-state index contributed by atoms with van der Waals surface area (Å²) < 4.78 is 0. The molecule has 2 N–H and O–H groups in total. The Morgan fingerprint density at radius 2 is 1.12 bits per heavy atom. The molecule has 0 spiro atoms. The molecule has 0 heterocycles. The minimum atomic E-state index is 0.700. The molecule has 52 heavy (non-hydrogen) atoms. The van der Waals surface area contributed by atoms with Crippen LogP contribution >= 0.6 is 0 Å². The van der Waals surface area contributed by atoms with Crippen LogP contribution in [0.2, 0.25) is 0 Å². The van der Waals surface area contributed by atoms with Gasteiger partial charge in [-0.25, -0.2) is 0 Å². The SMILES string of the molecule is C=C(c1ccccc1)N(c1ccc(-c2ccc3c(C4=Cc5ccccc5CC4)c4ccccc4c(-c4ccccc4)c3c2)cc1)c1ccccc1N. The molecule has 0 saturated carbocycles. The Kier molecular flexibility index (Phi) is 7.98. The van der Waals surface area contributed by atoms with E-state index in [4.69, 9.17) is 5.73 Å². The summed E-state index contributed by atoms with van der Waals surface area (Å²) in [5.41, 5.74) is 21.4. The third kappa shape index (κ3) is 5.55. The average Bonchev–Trinajstić information content (AvgIpc) is 3.21. The highest BCUT2D eigenvalue weighted by Crippen LogP contribution is 2.46. The maximum Gasteiger partial charge on any atom is 0.0691 e. The van der Waals surface area contributed by atoms with Gasteiger partial charge >= 0.3 is 0 Å². The summed E-state index contributed by atoms with van der Waals surface area (Å²) >= 11 is 0. The van der Waals surface area contributed by atoms with Crippen LogP contribution in [0, 0.1) is 0 Å². The van der Waals surface area contributed by atoms with E-state index in [1.165, 1.54) is 60.5 Å². The largest absolute Gasteiger partial charge is 0.397 e. The zero-order valence-corrected chi connectivity index (χ0v) is 29.0. The lowest BCUT2D eigenvalue weighted by molar-refractivity contribution is 1.00. The molecule has 2 nitrogen and oxygen atoms in total. The standard InChI is InChI=1S/C50H38N2/c1-34(35-14-4-2-5-15-35)52(48-23-13-12-22-47(48)51)42-29-26-37(27-30-42)40-28-31-45-46(33-40)49(38-17-6-3-7-18-38)43-20-10-11-21-44(43)50(45)41-25-24-36-16-8-9-19-39(36)32-41/h2-23,26-33H,1,24-25,51H2. The number of anilines is 3. The zero-order valence-electron chi connectivity index (χ0n) is 29.0. The molecule has 8 aromatic carbocycles. The number of fused-ring (bicyclic) bond motifs is 3. The van der Waals surface area contributed by atoms with Gasteiger partial charge in [-0.05, 0) is 115 Å². The van der Waals surface area contributed by atoms with E-state index in [1.807, 2.05) is 42.5 Å². The topological polar surface area (TPSA) is 29.3 Å². The molecule has 2 heteroatoms. The minimum absolute atomic E-state index is 0.700. The van der Waals surface area contributed by atoms with Gasteiger partial charge < -0.3 is 10.6 Å². The molecular weight excluding hydrogens is 629 g/mol. The Labute approximate surface area is 305 Å². The molecule has 0 aromatic heterocycles. The second-order valence-electron chi connectivity index (χ2n) is 13.5. The van der Waals surface area contributed by atoms with E-state index in [0.29, 0.717) is 5.69 Å². The van der Waals surface area contributed by atoms with Crippen LogP contribution < -0.4 is 10.6 Å². The third-order valence-corrected chi connectivity index (χ3v) is 10.5. The molecule has 8 aromatic rings. The van der Waals surface area contributed by atoms with Crippen molar-refractivity contribution in [1.82, 2.24) is 0 Å². The number of nitrogens with zero attached hydrogens (tertiary/aromatic N) is 1. The van der Waals surface area contributed by atoms with Gasteiger partial charge in [-0.3, -0.25) is 0 Å². The summed E-state index contributed by atoms with van der Waals surface area (Å²) in [6, 6.07) is 62.7. The molecular formula is C50H38N2. The van der Waals surface area contributed by atoms with Crippen molar-refractivity contribution in [2.45, 2.75) is 12.8 Å². The Bertz CT molecular complexity index is 2630. The summed E-state index contributed by atoms with van der Waals surface area (Å²) in [7, 11) is 0. The van der Waals surface area contributed by atoms with Gasteiger partial charge in [0.05, 0.1) is 11.4 Å². The normalized spacial score (nSPS) is 12.3. The van der Waals surface area contributed by atoms with E-state index in [0.717, 1.165) is 41.0 Å². The molecule has 1 aliphatic rings. The van der Waals surface area contributed by atoms with Gasteiger partial charge in [0.25, 0.3) is 0 Å². The molecule has 0 fully saturated rings. The van der Waals surface area contributed by atoms with Gasteiger partial charge in [-0.1, -0.05) is 158 Å². The molecule has 0 unspecified atom stereocenters. The fourth-order valence-electron chi connectivity index (χ4n) is 7.94. The third-order valence-electron chi connectivity index (χ3n) is 10.5. The van der Waals surface area contributed by atoms with E-state index in [9.17, 15) is 0 Å². The van der Waals surface area contributed by atoms with Gasteiger partial charge in [-0.2, -0.15) is 0 Å². The highest BCUT2D eigenvalue weighted by atomic mass is 15.2. The number of aryl methyl sites for hydroxylation is 1. The molecule has 248 valence electrons. The van der Waals surface area contributed by atoms with Crippen LogP contribution in [0.3, 0.4) is 0 Å². The van der Waals surface area contributed by atoms with Crippen LogP contribution in [0.4, 0.5) is 17.1 Å². The van der Waals surface area contributed by atoms with Crippen LogP contribution in [0.1, 0.15) is 28.7 Å². The van der Waals surface area contributed by atoms with Gasteiger partial charge in [0, 0.05) is 11.4 Å². The molecule has 0 bridgehead atoms. The fraction of sp³-hybridized carbons (Fsp3) is 0.0400. The van der Waals surface area contributed by atoms with Crippen molar-refractivity contribution in [3.8, 4) is 22.3 Å². The zero-order chi connectivity index (χ0) is 35.0. The van der Waals surface area contributed by atoms with Crippen molar-refractivity contribution in [3.63, 3.8) is 0 Å². The highest BCUT2D eigenvalue weighted by Gasteiger charge is 2.21. The summed E-state index contributed by atoms with van der Waals surface area (Å²) in [6.07, 6.45) is 4.48. The summed E-state index contributed by atoms with van der Waals surface area (Å²) in [5, 5.41) is 5.13. The molecule has 0 saturated heterocycles. The van der Waals surface area contributed by atoms with Gasteiger partial charge in [0.1, 0.15) is 0 Å². The second kappa shape index (κ2) is 13.2. The summed E-state index contributed by atoms with van der Waals surface area (Å²) in [6.45, 7) is 4.52. The first-order chi connectivity index (χ1) is 25.6. The van der Waals surface area contributed by atoms with E-state index >= 15 is 0 Å². The monoisotopic (exact) mass is 666 g/mol. The van der Waals surface area contributed by atoms with Crippen molar-refractivity contribution in [2.75, 3.05) is 10.6 Å². The lowest BCUT2D eigenvalue weighted by Crippen LogP contribution is -2.16. The molecule has 9 rings (SSSR count). The number of benzene rings is 8. The van der Waals surface area contributed by atoms with Crippen molar-refractivity contribution >= 4 is 56.0 Å². The first-order valence-corrected chi connectivity index (χ1v) is 18.0. The summed E-state index contributed by atoms with van der Waals surface area (Å²) in [4.78, 5) is 2.15. The molecule has 0 atom stereocenters.